The van der Waals surface area contributed by atoms with Crippen molar-refractivity contribution in [3.05, 3.63) is 132 Å². The number of halogens is 1. The number of carbonyl (C=O) groups excluding carboxylic acids is 1. The number of para-hydroxylation sites is 1. The standard InChI is InChI=1S/C34H27FN4O3/c1-2-41-30-18-14-28(15-19-30)37-34(40)26(21-36)20-27-22-39(29-9-4-3-5-10-29)38-33(27)24-12-16-31(17-13-24)42-23-25-8-6-7-11-32(25)35/h3-20,22H,2,23H2,1H3,(H,37,40)/b26-20+. The second kappa shape index (κ2) is 13.1. The molecule has 1 amide bonds. The van der Waals surface area contributed by atoms with Crippen LogP contribution in [0.25, 0.3) is 23.0 Å². The number of hydrogen-bond donors (Lipinski definition) is 1. The van der Waals surface area contributed by atoms with Crippen LogP contribution in [-0.4, -0.2) is 22.3 Å². The summed E-state index contributed by atoms with van der Waals surface area (Å²) in [6.45, 7) is 2.53. The van der Waals surface area contributed by atoms with Crippen LogP contribution in [0, 0.1) is 17.1 Å². The highest BCUT2D eigenvalue weighted by molar-refractivity contribution is 6.10. The predicted molar refractivity (Wildman–Crippen MR) is 160 cm³/mol. The highest BCUT2D eigenvalue weighted by atomic mass is 19.1. The first-order chi connectivity index (χ1) is 20.5. The topological polar surface area (TPSA) is 89.2 Å². The number of rotatable bonds is 10. The lowest BCUT2D eigenvalue weighted by Gasteiger charge is -2.08. The normalized spacial score (nSPS) is 11.0. The zero-order valence-corrected chi connectivity index (χ0v) is 22.8. The Morgan fingerprint density at radius 2 is 1.60 bits per heavy atom. The van der Waals surface area contributed by atoms with Gasteiger partial charge in [-0.15, -0.1) is 0 Å². The Bertz CT molecular complexity index is 1740. The molecule has 1 aromatic heterocycles. The fraction of sp³-hybridized carbons (Fsp3) is 0.0882. The van der Waals surface area contributed by atoms with Crippen molar-refractivity contribution < 1.29 is 18.7 Å². The molecule has 0 saturated carbocycles. The van der Waals surface area contributed by atoms with Gasteiger partial charge < -0.3 is 14.8 Å². The van der Waals surface area contributed by atoms with Gasteiger partial charge in [-0.25, -0.2) is 9.07 Å². The number of nitriles is 1. The molecule has 0 atom stereocenters. The van der Waals surface area contributed by atoms with Crippen molar-refractivity contribution in [1.82, 2.24) is 9.78 Å². The van der Waals surface area contributed by atoms with Crippen LogP contribution in [0.4, 0.5) is 10.1 Å². The third-order valence-electron chi connectivity index (χ3n) is 6.33. The number of carbonyl (C=O) groups is 1. The van der Waals surface area contributed by atoms with Gasteiger partial charge in [-0.1, -0.05) is 36.4 Å². The number of nitrogens with one attached hydrogen (secondary N) is 1. The molecule has 0 fully saturated rings. The minimum absolute atomic E-state index is 0.0809. The monoisotopic (exact) mass is 558 g/mol. The van der Waals surface area contributed by atoms with E-state index < -0.39 is 5.91 Å². The lowest BCUT2D eigenvalue weighted by molar-refractivity contribution is -0.112. The van der Waals surface area contributed by atoms with Crippen molar-refractivity contribution in [1.29, 1.82) is 5.26 Å². The number of anilines is 1. The first-order valence-corrected chi connectivity index (χ1v) is 13.3. The van der Waals surface area contributed by atoms with Gasteiger partial charge in [-0.2, -0.15) is 10.4 Å². The number of hydrogen-bond acceptors (Lipinski definition) is 5. The molecule has 8 heteroatoms. The molecule has 5 rings (SSSR count). The number of ether oxygens (including phenoxy) is 2. The first kappa shape index (κ1) is 27.9. The van der Waals surface area contributed by atoms with Gasteiger partial charge in [0.25, 0.3) is 5.91 Å². The zero-order chi connectivity index (χ0) is 29.3. The maximum atomic E-state index is 14.0. The van der Waals surface area contributed by atoms with Crippen LogP contribution in [-0.2, 0) is 11.4 Å². The third kappa shape index (κ3) is 6.72. The third-order valence-corrected chi connectivity index (χ3v) is 6.33. The zero-order valence-electron chi connectivity index (χ0n) is 22.8. The van der Waals surface area contributed by atoms with Gasteiger partial charge in [0, 0.05) is 28.6 Å². The average Bonchev–Trinajstić information content (AvgIpc) is 3.45. The SMILES string of the molecule is CCOc1ccc(NC(=O)/C(C#N)=C/c2cn(-c3ccccc3)nc2-c2ccc(OCc3ccccc3F)cc2)cc1. The van der Waals surface area contributed by atoms with Crippen molar-refractivity contribution in [2.45, 2.75) is 13.5 Å². The Balaban J connectivity index is 1.42. The molecule has 208 valence electrons. The fourth-order valence-corrected chi connectivity index (χ4v) is 4.22. The molecule has 0 spiro atoms. The largest absolute Gasteiger partial charge is 0.494 e. The molecule has 7 nitrogen and oxygen atoms in total. The van der Waals surface area contributed by atoms with Gasteiger partial charge in [0.05, 0.1) is 18.0 Å². The van der Waals surface area contributed by atoms with Gasteiger partial charge in [-0.3, -0.25) is 4.79 Å². The summed E-state index contributed by atoms with van der Waals surface area (Å²) in [6, 6.07) is 32.2. The van der Waals surface area contributed by atoms with Crippen molar-refractivity contribution in [3.63, 3.8) is 0 Å². The minimum Gasteiger partial charge on any atom is -0.494 e. The molecule has 1 N–H and O–H groups in total. The molecular formula is C34H27FN4O3. The molecule has 0 aliphatic rings. The summed E-state index contributed by atoms with van der Waals surface area (Å²) in [6.07, 6.45) is 3.29. The average molecular weight is 559 g/mol. The number of aromatic nitrogens is 2. The fourth-order valence-electron chi connectivity index (χ4n) is 4.22. The second-order valence-electron chi connectivity index (χ2n) is 9.20. The van der Waals surface area contributed by atoms with Crippen LogP contribution in [0.3, 0.4) is 0 Å². The number of nitrogens with zero attached hydrogens (tertiary/aromatic N) is 3. The maximum Gasteiger partial charge on any atom is 0.266 e. The summed E-state index contributed by atoms with van der Waals surface area (Å²) in [5.41, 5.74) is 3.64. The molecule has 42 heavy (non-hydrogen) atoms. The van der Waals surface area contributed by atoms with E-state index in [1.807, 2.05) is 55.5 Å². The smallest absolute Gasteiger partial charge is 0.266 e. The number of amides is 1. The molecule has 0 aliphatic carbocycles. The number of benzene rings is 4. The molecular weight excluding hydrogens is 531 g/mol. The molecule has 0 unspecified atom stereocenters. The van der Waals surface area contributed by atoms with E-state index in [-0.39, 0.29) is 18.0 Å². The van der Waals surface area contributed by atoms with Gasteiger partial charge in [0.15, 0.2) is 0 Å². The van der Waals surface area contributed by atoms with E-state index in [0.29, 0.717) is 40.6 Å². The van der Waals surface area contributed by atoms with E-state index in [9.17, 15) is 14.4 Å². The van der Waals surface area contributed by atoms with E-state index in [2.05, 4.69) is 5.32 Å². The molecule has 0 bridgehead atoms. The Kier molecular flexibility index (Phi) is 8.70. The van der Waals surface area contributed by atoms with E-state index in [0.717, 1.165) is 11.3 Å². The first-order valence-electron chi connectivity index (χ1n) is 13.3. The van der Waals surface area contributed by atoms with Gasteiger partial charge in [0.1, 0.15) is 35.6 Å². The quantitative estimate of drug-likeness (QED) is 0.145. The lowest BCUT2D eigenvalue weighted by atomic mass is 10.1. The van der Waals surface area contributed by atoms with E-state index >= 15 is 0 Å². The van der Waals surface area contributed by atoms with Crippen molar-refractivity contribution in [2.24, 2.45) is 0 Å². The van der Waals surface area contributed by atoms with Crippen molar-refractivity contribution >= 4 is 17.7 Å². The molecule has 0 radical (unpaired) electrons. The van der Waals surface area contributed by atoms with Crippen LogP contribution in [0.2, 0.25) is 0 Å². The summed E-state index contributed by atoms with van der Waals surface area (Å²) >= 11 is 0. The van der Waals surface area contributed by atoms with Gasteiger partial charge >= 0.3 is 0 Å². The second-order valence-corrected chi connectivity index (χ2v) is 9.20. The van der Waals surface area contributed by atoms with E-state index in [1.165, 1.54) is 12.1 Å². The molecule has 1 heterocycles. The van der Waals surface area contributed by atoms with Crippen molar-refractivity contribution in [2.75, 3.05) is 11.9 Å². The molecule has 0 saturated heterocycles. The lowest BCUT2D eigenvalue weighted by Crippen LogP contribution is -2.13. The minimum atomic E-state index is -0.544. The summed E-state index contributed by atoms with van der Waals surface area (Å²) in [5.74, 6) is 0.385. The highest BCUT2D eigenvalue weighted by Gasteiger charge is 2.16. The van der Waals surface area contributed by atoms with Crippen LogP contribution in [0.15, 0.2) is 115 Å². The van der Waals surface area contributed by atoms with Crippen molar-refractivity contribution in [3.8, 4) is 34.5 Å². The summed E-state index contributed by atoms with van der Waals surface area (Å²) in [5, 5.41) is 17.4. The van der Waals surface area contributed by atoms with Crippen LogP contribution in [0.5, 0.6) is 11.5 Å². The Morgan fingerprint density at radius 1 is 0.929 bits per heavy atom. The van der Waals surface area contributed by atoms with Crippen LogP contribution in [0.1, 0.15) is 18.1 Å². The highest BCUT2D eigenvalue weighted by Crippen LogP contribution is 2.28. The Labute approximate surface area is 243 Å². The Hall–Kier alpha value is -5.68. The summed E-state index contributed by atoms with van der Waals surface area (Å²) in [7, 11) is 0. The molecule has 4 aromatic carbocycles. The summed E-state index contributed by atoms with van der Waals surface area (Å²) < 4.78 is 26.9. The van der Waals surface area contributed by atoms with E-state index in [1.54, 1.807) is 65.5 Å². The van der Waals surface area contributed by atoms with E-state index in [4.69, 9.17) is 14.6 Å². The predicted octanol–water partition coefficient (Wildman–Crippen LogP) is 7.20. The van der Waals surface area contributed by atoms with Crippen LogP contribution >= 0.6 is 0 Å². The van der Waals surface area contributed by atoms with Crippen LogP contribution < -0.4 is 14.8 Å². The van der Waals surface area contributed by atoms with Gasteiger partial charge in [0.2, 0.25) is 0 Å². The van der Waals surface area contributed by atoms with Gasteiger partial charge in [-0.05, 0) is 79.7 Å². The Morgan fingerprint density at radius 3 is 2.29 bits per heavy atom. The molecule has 5 aromatic rings. The summed E-state index contributed by atoms with van der Waals surface area (Å²) in [4.78, 5) is 13.0. The molecule has 0 aliphatic heterocycles. The maximum absolute atomic E-state index is 14.0.